The first-order chi connectivity index (χ1) is 8.58. The maximum atomic E-state index is 12.1. The van der Waals surface area contributed by atoms with Crippen molar-refractivity contribution in [1.29, 1.82) is 0 Å². The lowest BCUT2D eigenvalue weighted by atomic mass is 10.1. The van der Waals surface area contributed by atoms with Crippen molar-refractivity contribution >= 4 is 11.6 Å². The number of nitrogens with one attached hydrogen (secondary N) is 1. The van der Waals surface area contributed by atoms with E-state index in [1.165, 1.54) is 0 Å². The third-order valence-corrected chi connectivity index (χ3v) is 2.93. The number of carbonyl (C=O) groups excluding carboxylic acids is 1. The molecule has 1 unspecified atom stereocenters. The van der Waals surface area contributed by atoms with Crippen LogP contribution in [-0.2, 0) is 0 Å². The van der Waals surface area contributed by atoms with Crippen LogP contribution in [0.3, 0.4) is 0 Å². The Bertz CT molecular complexity index is 391. The standard InChI is InChI=1S/C14H22N2O2/c1-4-12(8-9-17)15-14(18)11-6-5-7-13(10-11)16(2)3/h5-7,10,12,17H,4,8-9H2,1-3H3,(H,15,18). The van der Waals surface area contributed by atoms with Gasteiger partial charge in [-0.15, -0.1) is 0 Å². The van der Waals surface area contributed by atoms with Crippen molar-refractivity contribution in [2.24, 2.45) is 0 Å². The molecule has 0 bridgehead atoms. The SMILES string of the molecule is CCC(CCO)NC(=O)c1cccc(N(C)C)c1. The number of hydrogen-bond acceptors (Lipinski definition) is 3. The molecule has 1 amide bonds. The average Bonchev–Trinajstić information content (AvgIpc) is 2.38. The van der Waals surface area contributed by atoms with Gasteiger partial charge in [0, 0.05) is 38.0 Å². The zero-order valence-electron chi connectivity index (χ0n) is 11.3. The molecule has 0 spiro atoms. The molecule has 0 aliphatic carbocycles. The fourth-order valence-corrected chi connectivity index (χ4v) is 1.73. The third kappa shape index (κ3) is 4.04. The fraction of sp³-hybridized carbons (Fsp3) is 0.500. The molecule has 4 heteroatoms. The van der Waals surface area contributed by atoms with Crippen LogP contribution in [0.5, 0.6) is 0 Å². The van der Waals surface area contributed by atoms with E-state index in [1.807, 2.05) is 44.1 Å². The van der Waals surface area contributed by atoms with Gasteiger partial charge in [-0.3, -0.25) is 4.79 Å². The van der Waals surface area contributed by atoms with Crippen molar-refractivity contribution in [3.8, 4) is 0 Å². The van der Waals surface area contributed by atoms with Gasteiger partial charge >= 0.3 is 0 Å². The Balaban J connectivity index is 2.74. The minimum atomic E-state index is -0.0843. The van der Waals surface area contributed by atoms with Crippen LogP contribution in [-0.4, -0.2) is 37.8 Å². The minimum Gasteiger partial charge on any atom is -0.396 e. The zero-order valence-corrected chi connectivity index (χ0v) is 11.3. The second-order valence-corrected chi connectivity index (χ2v) is 4.54. The Kier molecular flexibility index (Phi) is 5.65. The van der Waals surface area contributed by atoms with Gasteiger partial charge < -0.3 is 15.3 Å². The summed E-state index contributed by atoms with van der Waals surface area (Å²) in [4.78, 5) is 14.0. The molecule has 0 aliphatic heterocycles. The highest BCUT2D eigenvalue weighted by Crippen LogP contribution is 2.13. The summed E-state index contributed by atoms with van der Waals surface area (Å²) in [6.07, 6.45) is 1.41. The predicted molar refractivity (Wildman–Crippen MR) is 74.0 cm³/mol. The van der Waals surface area contributed by atoms with Gasteiger partial charge in [0.15, 0.2) is 0 Å². The molecule has 0 fully saturated rings. The lowest BCUT2D eigenvalue weighted by molar-refractivity contribution is 0.0929. The van der Waals surface area contributed by atoms with Gasteiger partial charge in [-0.05, 0) is 31.0 Å². The lowest BCUT2D eigenvalue weighted by Crippen LogP contribution is -2.35. The summed E-state index contributed by atoms with van der Waals surface area (Å²) in [7, 11) is 3.88. The van der Waals surface area contributed by atoms with Crippen LogP contribution in [0.15, 0.2) is 24.3 Å². The van der Waals surface area contributed by atoms with Crippen LogP contribution >= 0.6 is 0 Å². The molecule has 1 aromatic rings. The smallest absolute Gasteiger partial charge is 0.251 e. The molecule has 100 valence electrons. The van der Waals surface area contributed by atoms with Crippen LogP contribution in [0.4, 0.5) is 5.69 Å². The van der Waals surface area contributed by atoms with Gasteiger partial charge in [-0.25, -0.2) is 0 Å². The van der Waals surface area contributed by atoms with Crippen LogP contribution in [0.2, 0.25) is 0 Å². The molecule has 0 saturated heterocycles. The van der Waals surface area contributed by atoms with Gasteiger partial charge in [0.05, 0.1) is 0 Å². The molecular formula is C14H22N2O2. The quantitative estimate of drug-likeness (QED) is 0.807. The van der Waals surface area contributed by atoms with Crippen molar-refractivity contribution in [3.63, 3.8) is 0 Å². The molecule has 0 aromatic heterocycles. The maximum Gasteiger partial charge on any atom is 0.251 e. The van der Waals surface area contributed by atoms with Crippen LogP contribution in [0, 0.1) is 0 Å². The van der Waals surface area contributed by atoms with Crippen molar-refractivity contribution < 1.29 is 9.90 Å². The van der Waals surface area contributed by atoms with E-state index in [9.17, 15) is 4.79 Å². The maximum absolute atomic E-state index is 12.1. The summed E-state index contributed by atoms with van der Waals surface area (Å²) in [5, 5.41) is 11.8. The van der Waals surface area contributed by atoms with E-state index in [-0.39, 0.29) is 18.6 Å². The van der Waals surface area contributed by atoms with Crippen molar-refractivity contribution in [1.82, 2.24) is 5.32 Å². The van der Waals surface area contributed by atoms with Gasteiger partial charge in [-0.1, -0.05) is 13.0 Å². The first-order valence-corrected chi connectivity index (χ1v) is 6.27. The van der Waals surface area contributed by atoms with Crippen LogP contribution < -0.4 is 10.2 Å². The molecule has 4 nitrogen and oxygen atoms in total. The molecule has 0 heterocycles. The normalized spacial score (nSPS) is 12.0. The number of benzene rings is 1. The number of nitrogens with zero attached hydrogens (tertiary/aromatic N) is 1. The summed E-state index contributed by atoms with van der Waals surface area (Å²) < 4.78 is 0. The monoisotopic (exact) mass is 250 g/mol. The van der Waals surface area contributed by atoms with E-state index >= 15 is 0 Å². The summed E-state index contributed by atoms with van der Waals surface area (Å²) >= 11 is 0. The number of hydrogen-bond donors (Lipinski definition) is 2. The van der Waals surface area contributed by atoms with E-state index in [0.29, 0.717) is 12.0 Å². The number of aliphatic hydroxyl groups is 1. The number of aliphatic hydroxyl groups excluding tert-OH is 1. The average molecular weight is 250 g/mol. The highest BCUT2D eigenvalue weighted by Gasteiger charge is 2.12. The Morgan fingerprint density at radius 3 is 2.72 bits per heavy atom. The van der Waals surface area contributed by atoms with E-state index in [0.717, 1.165) is 12.1 Å². The van der Waals surface area contributed by atoms with Crippen molar-refractivity contribution in [3.05, 3.63) is 29.8 Å². The Morgan fingerprint density at radius 1 is 1.44 bits per heavy atom. The highest BCUT2D eigenvalue weighted by atomic mass is 16.3. The van der Waals surface area contributed by atoms with E-state index in [4.69, 9.17) is 5.11 Å². The minimum absolute atomic E-state index is 0.0329. The van der Waals surface area contributed by atoms with E-state index < -0.39 is 0 Å². The van der Waals surface area contributed by atoms with E-state index in [1.54, 1.807) is 6.07 Å². The molecule has 2 N–H and O–H groups in total. The first kappa shape index (κ1) is 14.5. The molecule has 0 saturated carbocycles. The fourth-order valence-electron chi connectivity index (χ4n) is 1.73. The van der Waals surface area contributed by atoms with Crippen LogP contribution in [0.25, 0.3) is 0 Å². The molecular weight excluding hydrogens is 228 g/mol. The van der Waals surface area contributed by atoms with Gasteiger partial charge in [0.25, 0.3) is 5.91 Å². The van der Waals surface area contributed by atoms with Crippen molar-refractivity contribution in [2.75, 3.05) is 25.6 Å². The number of anilines is 1. The first-order valence-electron chi connectivity index (χ1n) is 6.27. The molecule has 1 rings (SSSR count). The largest absolute Gasteiger partial charge is 0.396 e. The van der Waals surface area contributed by atoms with Gasteiger partial charge in [-0.2, -0.15) is 0 Å². The number of rotatable bonds is 6. The molecule has 0 radical (unpaired) electrons. The second-order valence-electron chi connectivity index (χ2n) is 4.54. The molecule has 18 heavy (non-hydrogen) atoms. The second kappa shape index (κ2) is 7.01. The Hall–Kier alpha value is -1.55. The molecule has 1 atom stereocenters. The van der Waals surface area contributed by atoms with Crippen LogP contribution in [0.1, 0.15) is 30.1 Å². The summed E-state index contributed by atoms with van der Waals surface area (Å²) in [5.41, 5.74) is 1.65. The summed E-state index contributed by atoms with van der Waals surface area (Å²) in [6, 6.07) is 7.53. The van der Waals surface area contributed by atoms with Gasteiger partial charge in [0.1, 0.15) is 0 Å². The Labute approximate surface area is 109 Å². The van der Waals surface area contributed by atoms with Crippen molar-refractivity contribution in [2.45, 2.75) is 25.8 Å². The lowest BCUT2D eigenvalue weighted by Gasteiger charge is -2.17. The molecule has 1 aromatic carbocycles. The highest BCUT2D eigenvalue weighted by molar-refractivity contribution is 5.95. The van der Waals surface area contributed by atoms with Gasteiger partial charge in [0.2, 0.25) is 0 Å². The summed E-state index contributed by atoms with van der Waals surface area (Å²) in [6.45, 7) is 2.09. The molecule has 0 aliphatic rings. The topological polar surface area (TPSA) is 52.6 Å². The van der Waals surface area contributed by atoms with E-state index in [2.05, 4.69) is 5.32 Å². The zero-order chi connectivity index (χ0) is 13.5. The summed E-state index contributed by atoms with van der Waals surface area (Å²) in [5.74, 6) is -0.0843. The number of amides is 1. The number of carbonyl (C=O) groups is 1. The predicted octanol–water partition coefficient (Wildman–Crippen LogP) is 1.64. The third-order valence-electron chi connectivity index (χ3n) is 2.93. The Morgan fingerprint density at radius 2 is 2.17 bits per heavy atom.